The minimum absolute atomic E-state index is 0.183. The predicted molar refractivity (Wildman–Crippen MR) is 226 cm³/mol. The fraction of sp³-hybridized carbons (Fsp3) is 0.848. The topological polar surface area (TPSA) is 149 Å². The average Bonchev–Trinajstić information content (AvgIpc) is 3.18. The number of unbranched alkanes of at least 4 members (excludes halogenated alkanes) is 23. The SMILES string of the molecule is CCCCC/C=C/C/C=C/CCCCCCCCCCCC(=O)N[C@@H](COC1OC(CO)C(O)[C@H](O)C1O)[C@H](O)/C=C/CCCCCCCCCCCCC. The molecule has 1 fully saturated rings. The molecular formula is C46H85NO8. The number of aliphatic hydroxyl groups is 5. The molecule has 0 spiro atoms. The maximum absolute atomic E-state index is 12.9. The molecule has 7 atom stereocenters. The van der Waals surface area contributed by atoms with Gasteiger partial charge in [0, 0.05) is 6.42 Å². The Hall–Kier alpha value is -1.59. The second-order valence-electron chi connectivity index (χ2n) is 15.8. The normalized spacial score (nSPS) is 21.6. The van der Waals surface area contributed by atoms with Crippen molar-refractivity contribution in [2.45, 2.75) is 236 Å². The van der Waals surface area contributed by atoms with E-state index in [1.165, 1.54) is 128 Å². The molecule has 1 aliphatic heterocycles. The van der Waals surface area contributed by atoms with Crippen LogP contribution in [0, 0.1) is 0 Å². The van der Waals surface area contributed by atoms with Crippen LogP contribution in [0.4, 0.5) is 0 Å². The number of carbonyl (C=O) groups excluding carboxylic acids is 1. The number of amides is 1. The maximum atomic E-state index is 12.9. The number of hydrogen-bond acceptors (Lipinski definition) is 8. The van der Waals surface area contributed by atoms with Crippen LogP contribution in [0.25, 0.3) is 0 Å². The molecule has 0 aromatic carbocycles. The molecule has 1 aliphatic rings. The van der Waals surface area contributed by atoms with Gasteiger partial charge in [0.1, 0.15) is 24.4 Å². The van der Waals surface area contributed by atoms with Crippen molar-refractivity contribution in [1.82, 2.24) is 5.32 Å². The van der Waals surface area contributed by atoms with Gasteiger partial charge in [0.05, 0.1) is 25.4 Å². The Morgan fingerprint density at radius 3 is 1.60 bits per heavy atom. The maximum Gasteiger partial charge on any atom is 0.220 e. The van der Waals surface area contributed by atoms with Crippen LogP contribution in [0.5, 0.6) is 0 Å². The van der Waals surface area contributed by atoms with E-state index < -0.39 is 49.5 Å². The van der Waals surface area contributed by atoms with E-state index in [4.69, 9.17) is 9.47 Å². The molecule has 4 unspecified atom stereocenters. The average molecular weight is 780 g/mol. The van der Waals surface area contributed by atoms with Crippen molar-refractivity contribution in [1.29, 1.82) is 0 Å². The Morgan fingerprint density at radius 1 is 0.618 bits per heavy atom. The third kappa shape index (κ3) is 27.6. The van der Waals surface area contributed by atoms with E-state index in [2.05, 4.69) is 43.5 Å². The second-order valence-corrected chi connectivity index (χ2v) is 15.8. The molecule has 55 heavy (non-hydrogen) atoms. The van der Waals surface area contributed by atoms with Gasteiger partial charge in [-0.2, -0.15) is 0 Å². The molecule has 6 N–H and O–H groups in total. The Kier molecular flexibility index (Phi) is 34.3. The zero-order valence-electron chi connectivity index (χ0n) is 35.2. The van der Waals surface area contributed by atoms with Crippen molar-refractivity contribution in [3.63, 3.8) is 0 Å². The molecule has 1 rings (SSSR count). The number of aliphatic hydroxyl groups excluding tert-OH is 5. The molecule has 9 heteroatoms. The van der Waals surface area contributed by atoms with Crippen LogP contribution in [0.1, 0.15) is 194 Å². The third-order valence-electron chi connectivity index (χ3n) is 10.7. The highest BCUT2D eigenvalue weighted by molar-refractivity contribution is 5.76. The van der Waals surface area contributed by atoms with Crippen LogP contribution in [0.2, 0.25) is 0 Å². The zero-order valence-corrected chi connectivity index (χ0v) is 35.2. The second kappa shape index (κ2) is 36.7. The first-order valence-electron chi connectivity index (χ1n) is 22.7. The summed E-state index contributed by atoms with van der Waals surface area (Å²) < 4.78 is 11.2. The van der Waals surface area contributed by atoms with Crippen LogP contribution >= 0.6 is 0 Å². The van der Waals surface area contributed by atoms with Gasteiger partial charge < -0.3 is 40.3 Å². The molecular weight excluding hydrogens is 695 g/mol. The van der Waals surface area contributed by atoms with Crippen molar-refractivity contribution in [3.8, 4) is 0 Å². The fourth-order valence-corrected chi connectivity index (χ4v) is 7.01. The molecule has 0 radical (unpaired) electrons. The summed E-state index contributed by atoms with van der Waals surface area (Å²) in [6.07, 6.45) is 37.5. The van der Waals surface area contributed by atoms with Gasteiger partial charge in [-0.3, -0.25) is 4.79 Å². The van der Waals surface area contributed by atoms with E-state index >= 15 is 0 Å². The van der Waals surface area contributed by atoms with Crippen LogP contribution in [-0.4, -0.2) is 87.5 Å². The van der Waals surface area contributed by atoms with Crippen LogP contribution in [-0.2, 0) is 14.3 Å². The van der Waals surface area contributed by atoms with E-state index in [0.29, 0.717) is 6.42 Å². The highest BCUT2D eigenvalue weighted by Crippen LogP contribution is 2.22. The van der Waals surface area contributed by atoms with Crippen molar-refractivity contribution in [2.24, 2.45) is 0 Å². The molecule has 1 amide bonds. The van der Waals surface area contributed by atoms with Crippen molar-refractivity contribution < 1.29 is 39.8 Å². The predicted octanol–water partition coefficient (Wildman–Crippen LogP) is 9.28. The van der Waals surface area contributed by atoms with E-state index in [9.17, 15) is 30.3 Å². The van der Waals surface area contributed by atoms with Gasteiger partial charge in [-0.1, -0.05) is 172 Å². The highest BCUT2D eigenvalue weighted by atomic mass is 16.7. The lowest BCUT2D eigenvalue weighted by Crippen LogP contribution is -2.60. The highest BCUT2D eigenvalue weighted by Gasteiger charge is 2.44. The minimum atomic E-state index is -1.57. The van der Waals surface area contributed by atoms with Gasteiger partial charge in [-0.15, -0.1) is 0 Å². The molecule has 322 valence electrons. The number of rotatable bonds is 37. The number of carbonyl (C=O) groups is 1. The molecule has 9 nitrogen and oxygen atoms in total. The number of ether oxygens (including phenoxy) is 2. The van der Waals surface area contributed by atoms with Crippen LogP contribution in [0.3, 0.4) is 0 Å². The van der Waals surface area contributed by atoms with Crippen molar-refractivity contribution in [2.75, 3.05) is 13.2 Å². The standard InChI is InChI=1S/C46H85NO8/c1-3-5-7-9-11-13-15-17-18-19-20-21-22-24-26-28-30-32-34-36-42(50)47-39(38-54-46-45(53)44(52)43(51)41(37-48)55-46)40(49)35-33-31-29-27-25-23-16-14-12-10-8-6-4-2/h11,13,17-18,33,35,39-41,43-46,48-49,51-53H,3-10,12,14-16,19-32,34,36-38H2,1-2H3,(H,47,50)/b13-11+,18-17+,35-33+/t39-,40+,41?,43?,44-,45?,46?/m0/s1. The smallest absolute Gasteiger partial charge is 0.220 e. The lowest BCUT2D eigenvalue weighted by molar-refractivity contribution is -0.302. The molecule has 0 aromatic rings. The summed E-state index contributed by atoms with van der Waals surface area (Å²) in [6, 6.07) is -0.805. The number of nitrogens with one attached hydrogen (secondary N) is 1. The van der Waals surface area contributed by atoms with Gasteiger partial charge >= 0.3 is 0 Å². The van der Waals surface area contributed by atoms with Gasteiger partial charge in [0.15, 0.2) is 6.29 Å². The van der Waals surface area contributed by atoms with E-state index in [0.717, 1.165) is 44.9 Å². The first-order chi connectivity index (χ1) is 26.8. The van der Waals surface area contributed by atoms with Gasteiger partial charge in [0.25, 0.3) is 0 Å². The first kappa shape index (κ1) is 51.4. The quantitative estimate of drug-likeness (QED) is 0.0270. The van der Waals surface area contributed by atoms with E-state index in [1.54, 1.807) is 6.08 Å². The Labute approximate surface area is 336 Å². The Balaban J connectivity index is 2.35. The largest absolute Gasteiger partial charge is 0.394 e. The lowest BCUT2D eigenvalue weighted by Gasteiger charge is -2.40. The Bertz CT molecular complexity index is 956. The Morgan fingerprint density at radius 2 is 1.07 bits per heavy atom. The van der Waals surface area contributed by atoms with Crippen molar-refractivity contribution in [3.05, 3.63) is 36.5 Å². The first-order valence-corrected chi connectivity index (χ1v) is 22.7. The van der Waals surface area contributed by atoms with Gasteiger partial charge in [0.2, 0.25) is 5.91 Å². The van der Waals surface area contributed by atoms with Crippen LogP contribution < -0.4 is 5.32 Å². The molecule has 0 bridgehead atoms. The lowest BCUT2D eigenvalue weighted by atomic mass is 9.99. The van der Waals surface area contributed by atoms with E-state index in [1.807, 2.05) is 6.08 Å². The molecule has 0 aliphatic carbocycles. The monoisotopic (exact) mass is 780 g/mol. The van der Waals surface area contributed by atoms with Crippen LogP contribution in [0.15, 0.2) is 36.5 Å². The summed E-state index contributed by atoms with van der Waals surface area (Å²) in [6.45, 7) is 3.73. The van der Waals surface area contributed by atoms with E-state index in [-0.39, 0.29) is 12.5 Å². The summed E-state index contributed by atoms with van der Waals surface area (Å²) in [7, 11) is 0. The van der Waals surface area contributed by atoms with Gasteiger partial charge in [-0.05, 0) is 51.4 Å². The van der Waals surface area contributed by atoms with Crippen molar-refractivity contribution >= 4 is 5.91 Å². The molecule has 0 saturated carbocycles. The molecule has 0 aromatic heterocycles. The summed E-state index contributed by atoms with van der Waals surface area (Å²) >= 11 is 0. The summed E-state index contributed by atoms with van der Waals surface area (Å²) in [5.41, 5.74) is 0. The third-order valence-corrected chi connectivity index (χ3v) is 10.7. The zero-order chi connectivity index (χ0) is 40.2. The number of allylic oxidation sites excluding steroid dienone is 5. The minimum Gasteiger partial charge on any atom is -0.394 e. The number of hydrogen-bond donors (Lipinski definition) is 6. The fourth-order valence-electron chi connectivity index (χ4n) is 7.01. The molecule has 1 saturated heterocycles. The molecule has 1 heterocycles. The summed E-state index contributed by atoms with van der Waals surface area (Å²) in [5, 5.41) is 54.1. The van der Waals surface area contributed by atoms with Gasteiger partial charge in [-0.25, -0.2) is 0 Å². The summed E-state index contributed by atoms with van der Waals surface area (Å²) in [4.78, 5) is 12.9. The summed E-state index contributed by atoms with van der Waals surface area (Å²) in [5.74, 6) is -0.183.